The van der Waals surface area contributed by atoms with E-state index in [4.69, 9.17) is 23.7 Å². The number of hydrogen-bond acceptors (Lipinski definition) is 11. The molecule has 1 fully saturated rings. The molecule has 3 aliphatic rings. The highest BCUT2D eigenvalue weighted by molar-refractivity contribution is 7.98. The van der Waals surface area contributed by atoms with E-state index in [0.29, 0.717) is 5.56 Å². The molecule has 0 radical (unpaired) electrons. The van der Waals surface area contributed by atoms with Crippen LogP contribution in [0.25, 0.3) is 0 Å². The van der Waals surface area contributed by atoms with Gasteiger partial charge >= 0.3 is 12.1 Å². The van der Waals surface area contributed by atoms with E-state index >= 15 is 4.39 Å². The molecule has 4 aromatic rings. The minimum Gasteiger partial charge on any atom is -0.465 e. The summed E-state index contributed by atoms with van der Waals surface area (Å²) in [5.41, 5.74) is 0.545. The normalized spacial score (nSPS) is 17.9. The summed E-state index contributed by atoms with van der Waals surface area (Å²) in [7, 11) is 1.18. The number of fused-ring (bicyclic) bond motifs is 4. The fourth-order valence-electron chi connectivity index (χ4n) is 6.20. The highest BCUT2D eigenvalue weighted by Gasteiger charge is 2.46. The molecule has 1 amide bonds. The third-order valence-corrected chi connectivity index (χ3v) is 9.51. The van der Waals surface area contributed by atoms with Crippen molar-refractivity contribution in [3.05, 3.63) is 123 Å². The number of rotatable bonds is 6. The molecule has 7 rings (SSSR count). The van der Waals surface area contributed by atoms with Crippen LogP contribution in [-0.4, -0.2) is 67.4 Å². The molecule has 0 N–H and O–H groups in total. The third-order valence-electron chi connectivity index (χ3n) is 8.40. The Kier molecular flexibility index (Phi) is 8.69. The molecule has 0 aliphatic carbocycles. The second-order valence-electron chi connectivity index (χ2n) is 11.0. The number of pyridine rings is 1. The molecule has 15 heteroatoms. The lowest BCUT2D eigenvalue weighted by Crippen LogP contribution is -2.66. The highest BCUT2D eigenvalue weighted by atomic mass is 32.2. The lowest BCUT2D eigenvalue weighted by atomic mass is 9.93. The van der Waals surface area contributed by atoms with Gasteiger partial charge in [-0.3, -0.25) is 19.3 Å². The molecule has 0 spiro atoms. The number of ether oxygens (including phenoxy) is 5. The van der Waals surface area contributed by atoms with Crippen LogP contribution in [0.5, 0.6) is 11.5 Å². The molecule has 1 saturated heterocycles. The number of benzene rings is 3. The predicted molar refractivity (Wildman–Crippen MR) is 169 cm³/mol. The van der Waals surface area contributed by atoms with Crippen LogP contribution in [0.3, 0.4) is 0 Å². The molecule has 252 valence electrons. The number of nitrogens with zero attached hydrogens (tertiary/aromatic N) is 3. The Morgan fingerprint density at radius 2 is 1.80 bits per heavy atom. The summed E-state index contributed by atoms with van der Waals surface area (Å²) in [5, 5.41) is 1.79. The second-order valence-corrected chi connectivity index (χ2v) is 12.1. The van der Waals surface area contributed by atoms with Crippen LogP contribution in [-0.2, 0) is 20.0 Å². The number of morpholine rings is 1. The number of methoxy groups -OCH3 is 1. The van der Waals surface area contributed by atoms with Crippen LogP contribution in [0.15, 0.2) is 82.6 Å². The number of thioether (sulfide) groups is 1. The molecule has 0 bridgehead atoms. The van der Waals surface area contributed by atoms with Crippen molar-refractivity contribution in [2.45, 2.75) is 22.9 Å². The summed E-state index contributed by atoms with van der Waals surface area (Å²) < 4.78 is 57.8. The van der Waals surface area contributed by atoms with Gasteiger partial charge in [0, 0.05) is 35.0 Å². The lowest BCUT2D eigenvalue weighted by Gasteiger charge is -2.51. The van der Waals surface area contributed by atoms with Crippen LogP contribution in [0.4, 0.5) is 13.6 Å². The zero-order valence-electron chi connectivity index (χ0n) is 25.8. The van der Waals surface area contributed by atoms with Gasteiger partial charge in [0.1, 0.15) is 17.5 Å². The molecular formula is C34H27F2N3O9S. The molecule has 3 aliphatic heterocycles. The van der Waals surface area contributed by atoms with E-state index in [1.165, 1.54) is 65.0 Å². The largest absolute Gasteiger partial charge is 0.516 e. The smallest absolute Gasteiger partial charge is 0.465 e. The highest BCUT2D eigenvalue weighted by Crippen LogP contribution is 2.45. The van der Waals surface area contributed by atoms with Gasteiger partial charge in [-0.05, 0) is 35.4 Å². The molecule has 0 saturated carbocycles. The molecule has 49 heavy (non-hydrogen) atoms. The minimum atomic E-state index is -1.25. The molecule has 1 aromatic heterocycles. The maximum Gasteiger partial charge on any atom is 0.516 e. The molecule has 0 unspecified atom stereocenters. The Balaban J connectivity index is 1.27. The van der Waals surface area contributed by atoms with E-state index in [9.17, 15) is 23.6 Å². The number of hydrogen-bond donors (Lipinski definition) is 0. The SMILES string of the molecule is COC(=O)c1ccccc1OC(=O)OCOc1c2n(ccc1=O)N([C@@H]1c3ccccc3SCc3c1ccc(F)c3F)[C@@H]1COCCN1C2=O. The first-order valence-corrected chi connectivity index (χ1v) is 16.0. The average molecular weight is 692 g/mol. The molecule has 3 aromatic carbocycles. The summed E-state index contributed by atoms with van der Waals surface area (Å²) in [6.07, 6.45) is -0.554. The van der Waals surface area contributed by atoms with E-state index in [1.807, 2.05) is 24.3 Å². The second kappa shape index (κ2) is 13.2. The minimum absolute atomic E-state index is 0.0216. The average Bonchev–Trinajstić information content (AvgIpc) is 3.28. The lowest BCUT2D eigenvalue weighted by molar-refractivity contribution is -0.0206. The van der Waals surface area contributed by atoms with Crippen molar-refractivity contribution in [2.24, 2.45) is 0 Å². The fraction of sp³-hybridized carbons (Fsp3) is 0.235. The van der Waals surface area contributed by atoms with Crippen LogP contribution in [0, 0.1) is 11.6 Å². The van der Waals surface area contributed by atoms with E-state index in [-0.39, 0.29) is 48.1 Å². The summed E-state index contributed by atoms with van der Waals surface area (Å²) in [6, 6.07) is 16.3. The molecule has 12 nitrogen and oxygen atoms in total. The zero-order chi connectivity index (χ0) is 34.2. The van der Waals surface area contributed by atoms with Gasteiger partial charge in [0.05, 0.1) is 26.4 Å². The van der Waals surface area contributed by atoms with Gasteiger partial charge in [-0.15, -0.1) is 11.8 Å². The number of halogens is 2. The maximum absolute atomic E-state index is 15.4. The van der Waals surface area contributed by atoms with Crippen molar-refractivity contribution in [1.29, 1.82) is 0 Å². The van der Waals surface area contributed by atoms with Gasteiger partial charge in [-0.25, -0.2) is 18.4 Å². The molecule has 2 atom stereocenters. The number of carbonyl (C=O) groups is 3. The maximum atomic E-state index is 15.4. The number of aromatic nitrogens is 1. The van der Waals surface area contributed by atoms with Gasteiger partial charge < -0.3 is 28.6 Å². The van der Waals surface area contributed by atoms with Gasteiger partial charge in [-0.2, -0.15) is 0 Å². The van der Waals surface area contributed by atoms with Gasteiger partial charge in [-0.1, -0.05) is 36.4 Å². The quantitative estimate of drug-likeness (QED) is 0.160. The number of para-hydroxylation sites is 1. The van der Waals surface area contributed by atoms with Crippen molar-refractivity contribution in [1.82, 2.24) is 9.58 Å². The van der Waals surface area contributed by atoms with Crippen LogP contribution >= 0.6 is 11.8 Å². The number of carbonyl (C=O) groups excluding carboxylic acids is 3. The Morgan fingerprint density at radius 1 is 1.00 bits per heavy atom. The Hall–Kier alpha value is -5.41. The number of esters is 1. The van der Waals surface area contributed by atoms with E-state index < -0.39 is 59.8 Å². The first kappa shape index (κ1) is 32.2. The van der Waals surface area contributed by atoms with Crippen LogP contribution < -0.4 is 19.9 Å². The Labute approximate surface area is 281 Å². The summed E-state index contributed by atoms with van der Waals surface area (Å²) in [6.45, 7) is -0.362. The number of amides is 1. The van der Waals surface area contributed by atoms with Crippen molar-refractivity contribution < 1.29 is 46.8 Å². The summed E-state index contributed by atoms with van der Waals surface area (Å²) >= 11 is 1.36. The zero-order valence-corrected chi connectivity index (χ0v) is 26.6. The topological polar surface area (TPSA) is 126 Å². The van der Waals surface area contributed by atoms with Crippen LogP contribution in [0.2, 0.25) is 0 Å². The molecule has 4 heterocycles. The van der Waals surface area contributed by atoms with Gasteiger partial charge in [0.2, 0.25) is 18.0 Å². The predicted octanol–water partition coefficient (Wildman–Crippen LogP) is 4.61. The molecular weight excluding hydrogens is 664 g/mol. The Morgan fingerprint density at radius 3 is 2.63 bits per heavy atom. The third kappa shape index (κ3) is 5.74. The monoisotopic (exact) mass is 691 g/mol. The van der Waals surface area contributed by atoms with Crippen LogP contribution in [0.1, 0.15) is 43.6 Å². The first-order chi connectivity index (χ1) is 23.8. The van der Waals surface area contributed by atoms with Crippen molar-refractivity contribution in [3.63, 3.8) is 0 Å². The standard InChI is InChI=1S/C34H27F2N3O9S/c1-44-33(42)20-6-2-4-8-25(20)48-34(43)47-18-46-31-24(40)12-13-38-30(31)32(41)37-14-15-45-16-27(37)39(38)29-19-10-11-23(35)28(36)22(19)17-49-26-9-5-3-7-21(26)29/h2-13,27,29H,14-18H2,1H3/t27-,29+/m1/s1. The Bertz CT molecular complexity index is 2040. The van der Waals surface area contributed by atoms with Crippen molar-refractivity contribution in [3.8, 4) is 11.5 Å². The van der Waals surface area contributed by atoms with Gasteiger partial charge in [0.25, 0.3) is 5.91 Å². The van der Waals surface area contributed by atoms with Gasteiger partial charge in [0.15, 0.2) is 17.3 Å². The summed E-state index contributed by atoms with van der Waals surface area (Å²) in [4.78, 5) is 54.3. The fourth-order valence-corrected chi connectivity index (χ4v) is 7.31. The van der Waals surface area contributed by atoms with E-state index in [2.05, 4.69) is 0 Å². The first-order valence-electron chi connectivity index (χ1n) is 15.0. The summed E-state index contributed by atoms with van der Waals surface area (Å²) in [5.74, 6) is -3.60. The van der Waals surface area contributed by atoms with E-state index in [0.717, 1.165) is 16.5 Å². The van der Waals surface area contributed by atoms with Crippen molar-refractivity contribution >= 4 is 29.8 Å². The van der Waals surface area contributed by atoms with E-state index in [1.54, 1.807) is 11.1 Å². The van der Waals surface area contributed by atoms with Crippen molar-refractivity contribution in [2.75, 3.05) is 38.7 Å².